The smallest absolute Gasteiger partial charge is 0.253 e. The lowest BCUT2D eigenvalue weighted by molar-refractivity contribution is 0.0628. The minimum Gasteiger partial charge on any atom is -0.340 e. The molecule has 0 aliphatic carbocycles. The van der Waals surface area contributed by atoms with Crippen LogP contribution in [0.15, 0.2) is 77.3 Å². The van der Waals surface area contributed by atoms with Crippen LogP contribution < -0.4 is 0 Å². The molecule has 0 spiro atoms. The SMILES string of the molecule is Cc1c(C)n(Cc2ccccc2)c2ccc(C(=O)N3CCN(Cc4ccccc4Br)CC3)cc12. The summed E-state index contributed by atoms with van der Waals surface area (Å²) in [5, 5.41) is 1.17. The lowest BCUT2D eigenvalue weighted by atomic mass is 10.1. The molecule has 5 rings (SSSR count). The quantitative estimate of drug-likeness (QED) is 0.324. The molecule has 0 unspecified atom stereocenters. The number of aryl methyl sites for hydroxylation is 1. The molecule has 4 nitrogen and oxygen atoms in total. The number of halogens is 1. The largest absolute Gasteiger partial charge is 0.340 e. The van der Waals surface area contributed by atoms with Gasteiger partial charge in [-0.15, -0.1) is 0 Å². The number of hydrogen-bond acceptors (Lipinski definition) is 2. The summed E-state index contributed by atoms with van der Waals surface area (Å²) < 4.78 is 3.50. The van der Waals surface area contributed by atoms with Gasteiger partial charge >= 0.3 is 0 Å². The fourth-order valence-corrected chi connectivity index (χ4v) is 5.32. The van der Waals surface area contributed by atoms with Gasteiger partial charge in [-0.05, 0) is 54.8 Å². The zero-order chi connectivity index (χ0) is 23.7. The Morgan fingerprint density at radius 3 is 2.29 bits per heavy atom. The van der Waals surface area contributed by atoms with Crippen molar-refractivity contribution in [2.24, 2.45) is 0 Å². The van der Waals surface area contributed by atoms with E-state index >= 15 is 0 Å². The third-order valence-electron chi connectivity index (χ3n) is 7.08. The second-order valence-corrected chi connectivity index (χ2v) is 10.0. The molecule has 0 N–H and O–H groups in total. The minimum atomic E-state index is 0.135. The van der Waals surface area contributed by atoms with E-state index in [2.05, 4.69) is 93.8 Å². The van der Waals surface area contributed by atoms with Gasteiger partial charge < -0.3 is 9.47 Å². The van der Waals surface area contributed by atoms with Crippen LogP contribution in [0.2, 0.25) is 0 Å². The first kappa shape index (κ1) is 22.9. The molecule has 0 bridgehead atoms. The number of benzene rings is 3. The summed E-state index contributed by atoms with van der Waals surface area (Å²) in [6.07, 6.45) is 0. The topological polar surface area (TPSA) is 28.5 Å². The Hall–Kier alpha value is -2.89. The number of fused-ring (bicyclic) bond motifs is 1. The van der Waals surface area contributed by atoms with E-state index < -0.39 is 0 Å². The summed E-state index contributed by atoms with van der Waals surface area (Å²) in [6, 6.07) is 25.1. The van der Waals surface area contributed by atoms with Gasteiger partial charge in [-0.25, -0.2) is 0 Å². The fraction of sp³-hybridized carbons (Fsp3) is 0.276. The van der Waals surface area contributed by atoms with Crippen molar-refractivity contribution >= 4 is 32.7 Å². The maximum atomic E-state index is 13.3. The summed E-state index contributed by atoms with van der Waals surface area (Å²) >= 11 is 3.65. The fourth-order valence-electron chi connectivity index (χ4n) is 4.91. The predicted molar refractivity (Wildman–Crippen MR) is 142 cm³/mol. The van der Waals surface area contributed by atoms with Crippen molar-refractivity contribution in [1.82, 2.24) is 14.4 Å². The molecule has 1 saturated heterocycles. The number of piperazine rings is 1. The lowest BCUT2D eigenvalue weighted by Crippen LogP contribution is -2.48. The molecule has 1 fully saturated rings. The van der Waals surface area contributed by atoms with Crippen molar-refractivity contribution < 1.29 is 4.79 Å². The number of nitrogens with zero attached hydrogens (tertiary/aromatic N) is 3. The number of carbonyl (C=O) groups is 1. The van der Waals surface area contributed by atoms with Crippen LogP contribution in [0.4, 0.5) is 0 Å². The standard InChI is InChI=1S/C29H30BrN3O/c1-21-22(2)33(19-23-8-4-3-5-9-23)28-13-12-24(18-26(21)28)29(34)32-16-14-31(15-17-32)20-25-10-6-7-11-27(25)30/h3-13,18H,14-17,19-20H2,1-2H3. The Morgan fingerprint density at radius 1 is 0.853 bits per heavy atom. The first-order valence-corrected chi connectivity index (χ1v) is 12.7. The van der Waals surface area contributed by atoms with Crippen LogP contribution in [0, 0.1) is 13.8 Å². The highest BCUT2D eigenvalue weighted by Crippen LogP contribution is 2.28. The van der Waals surface area contributed by atoms with Gasteiger partial charge in [-0.1, -0.05) is 64.5 Å². The molecule has 0 atom stereocenters. The van der Waals surface area contributed by atoms with Crippen LogP contribution in [-0.2, 0) is 13.1 Å². The first-order valence-electron chi connectivity index (χ1n) is 11.9. The van der Waals surface area contributed by atoms with Gasteiger partial charge in [0, 0.05) is 65.9 Å². The summed E-state index contributed by atoms with van der Waals surface area (Å²) in [5.74, 6) is 0.135. The molecule has 0 radical (unpaired) electrons. The first-order chi connectivity index (χ1) is 16.5. The second-order valence-electron chi connectivity index (χ2n) is 9.17. The van der Waals surface area contributed by atoms with Gasteiger partial charge in [-0.3, -0.25) is 9.69 Å². The Balaban J connectivity index is 1.30. The number of carbonyl (C=O) groups excluding carboxylic acids is 1. The molecule has 1 amide bonds. The van der Waals surface area contributed by atoms with Crippen LogP contribution in [0.3, 0.4) is 0 Å². The Bertz CT molecular complexity index is 1320. The van der Waals surface area contributed by atoms with Crippen LogP contribution in [-0.4, -0.2) is 46.5 Å². The molecule has 5 heteroatoms. The Morgan fingerprint density at radius 2 is 1.56 bits per heavy atom. The van der Waals surface area contributed by atoms with Crippen LogP contribution >= 0.6 is 15.9 Å². The molecular formula is C29H30BrN3O. The summed E-state index contributed by atoms with van der Waals surface area (Å²) in [5.41, 5.74) is 7.05. The Kier molecular flexibility index (Phi) is 6.57. The third-order valence-corrected chi connectivity index (χ3v) is 7.85. The molecule has 1 aliphatic heterocycles. The van der Waals surface area contributed by atoms with Crippen molar-refractivity contribution in [1.29, 1.82) is 0 Å². The highest BCUT2D eigenvalue weighted by Gasteiger charge is 2.23. The van der Waals surface area contributed by atoms with E-state index in [1.165, 1.54) is 33.3 Å². The van der Waals surface area contributed by atoms with E-state index in [9.17, 15) is 4.79 Å². The number of rotatable bonds is 5. The zero-order valence-electron chi connectivity index (χ0n) is 19.8. The number of aromatic nitrogens is 1. The van der Waals surface area contributed by atoms with Gasteiger partial charge in [0.15, 0.2) is 0 Å². The monoisotopic (exact) mass is 515 g/mol. The van der Waals surface area contributed by atoms with Gasteiger partial charge in [-0.2, -0.15) is 0 Å². The summed E-state index contributed by atoms with van der Waals surface area (Å²) in [6.45, 7) is 9.37. The van der Waals surface area contributed by atoms with Crippen molar-refractivity contribution in [3.05, 3.63) is 105 Å². The molecule has 2 heterocycles. The van der Waals surface area contributed by atoms with Crippen molar-refractivity contribution in [3.63, 3.8) is 0 Å². The summed E-state index contributed by atoms with van der Waals surface area (Å²) in [4.78, 5) is 17.8. The maximum Gasteiger partial charge on any atom is 0.253 e. The van der Waals surface area contributed by atoms with E-state index in [4.69, 9.17) is 0 Å². The van der Waals surface area contributed by atoms with Crippen LogP contribution in [0.5, 0.6) is 0 Å². The van der Waals surface area contributed by atoms with Gasteiger partial charge in [0.05, 0.1) is 0 Å². The molecule has 4 aromatic rings. The third kappa shape index (κ3) is 4.55. The average Bonchev–Trinajstić information content (AvgIpc) is 3.10. The maximum absolute atomic E-state index is 13.3. The van der Waals surface area contributed by atoms with Gasteiger partial charge in [0.2, 0.25) is 0 Å². The highest BCUT2D eigenvalue weighted by molar-refractivity contribution is 9.10. The minimum absolute atomic E-state index is 0.135. The molecule has 1 aromatic heterocycles. The molecular weight excluding hydrogens is 486 g/mol. The lowest BCUT2D eigenvalue weighted by Gasteiger charge is -2.35. The molecule has 0 saturated carbocycles. The molecule has 3 aromatic carbocycles. The molecule has 1 aliphatic rings. The van der Waals surface area contributed by atoms with Crippen LogP contribution in [0.1, 0.15) is 32.7 Å². The molecule has 174 valence electrons. The van der Waals surface area contributed by atoms with Crippen molar-refractivity contribution in [2.75, 3.05) is 26.2 Å². The number of amides is 1. The van der Waals surface area contributed by atoms with Crippen molar-refractivity contribution in [2.45, 2.75) is 26.9 Å². The highest BCUT2D eigenvalue weighted by atomic mass is 79.9. The summed E-state index contributed by atoms with van der Waals surface area (Å²) in [7, 11) is 0. The predicted octanol–water partition coefficient (Wildman–Crippen LogP) is 6.03. The Labute approximate surface area is 209 Å². The average molecular weight is 516 g/mol. The van der Waals surface area contributed by atoms with E-state index in [-0.39, 0.29) is 5.91 Å². The van der Waals surface area contributed by atoms with E-state index in [1.807, 2.05) is 23.1 Å². The van der Waals surface area contributed by atoms with Crippen molar-refractivity contribution in [3.8, 4) is 0 Å². The van der Waals surface area contributed by atoms with E-state index in [0.717, 1.165) is 49.3 Å². The van der Waals surface area contributed by atoms with Gasteiger partial charge in [0.25, 0.3) is 5.91 Å². The number of hydrogen-bond donors (Lipinski definition) is 0. The zero-order valence-corrected chi connectivity index (χ0v) is 21.4. The normalized spacial score (nSPS) is 14.6. The van der Waals surface area contributed by atoms with Gasteiger partial charge in [0.1, 0.15) is 0 Å². The van der Waals surface area contributed by atoms with E-state index in [1.54, 1.807) is 0 Å². The second kappa shape index (κ2) is 9.77. The molecule has 34 heavy (non-hydrogen) atoms. The van der Waals surface area contributed by atoms with Crippen LogP contribution in [0.25, 0.3) is 10.9 Å². The van der Waals surface area contributed by atoms with E-state index in [0.29, 0.717) is 0 Å².